The van der Waals surface area contributed by atoms with E-state index in [0.29, 0.717) is 36.0 Å². The van der Waals surface area contributed by atoms with E-state index in [0.717, 1.165) is 0 Å². The zero-order valence-electron chi connectivity index (χ0n) is 23.2. The van der Waals surface area contributed by atoms with Crippen molar-refractivity contribution in [1.29, 1.82) is 0 Å². The minimum atomic E-state index is -1.03. The van der Waals surface area contributed by atoms with Crippen LogP contribution in [-0.4, -0.2) is 50.8 Å². The van der Waals surface area contributed by atoms with Gasteiger partial charge in [-0.2, -0.15) is 0 Å². The third-order valence-corrected chi connectivity index (χ3v) is 11.2. The van der Waals surface area contributed by atoms with Crippen LogP contribution in [0.4, 0.5) is 0 Å². The summed E-state index contributed by atoms with van der Waals surface area (Å²) in [5.74, 6) is -2.80. The van der Waals surface area contributed by atoms with Crippen LogP contribution in [0.3, 0.4) is 0 Å². The molecular weight excluding hydrogens is 472 g/mol. The Kier molecular flexibility index (Phi) is 6.56. The van der Waals surface area contributed by atoms with Crippen molar-refractivity contribution in [3.05, 3.63) is 22.8 Å². The molecule has 0 spiro atoms. The van der Waals surface area contributed by atoms with Gasteiger partial charge in [0.25, 0.3) is 0 Å². The Balaban J connectivity index is 1.80. The lowest BCUT2D eigenvalue weighted by Gasteiger charge is -2.60. The van der Waals surface area contributed by atoms with Crippen molar-refractivity contribution in [3.63, 3.8) is 0 Å². The molecule has 7 heteroatoms. The molecule has 204 valence electrons. The lowest BCUT2D eigenvalue weighted by atomic mass is 9.42. The van der Waals surface area contributed by atoms with Gasteiger partial charge < -0.3 is 15.3 Å². The van der Waals surface area contributed by atoms with E-state index in [1.54, 1.807) is 6.92 Å². The molecule has 37 heavy (non-hydrogen) atoms. The molecule has 0 bridgehead atoms. The maximum Gasteiger partial charge on any atom is 0.306 e. The average Bonchev–Trinajstić information content (AvgIpc) is 2.99. The maximum atomic E-state index is 14.0. The molecule has 4 aliphatic carbocycles. The van der Waals surface area contributed by atoms with Crippen molar-refractivity contribution in [2.75, 3.05) is 0 Å². The standard InChI is InChI=1S/C30H42O7/c1-15(10-17(31)11-16(2)26(36)37)18-12-23(35)30(7)25-19(32)13-21-27(3,4)22(34)8-9-28(21,5)24(25)20(33)14-29(18,30)6/h10,16,18,21-23,34-35H,8-9,11-14H2,1-7H3,(H,36,37). The van der Waals surface area contributed by atoms with Crippen molar-refractivity contribution in [2.45, 2.75) is 99.2 Å². The van der Waals surface area contributed by atoms with Crippen LogP contribution >= 0.6 is 0 Å². The Hall–Kier alpha value is -2.12. The van der Waals surface area contributed by atoms with E-state index < -0.39 is 45.8 Å². The quantitative estimate of drug-likeness (QED) is 0.472. The summed E-state index contributed by atoms with van der Waals surface area (Å²) < 4.78 is 0. The first-order valence-electron chi connectivity index (χ1n) is 13.5. The van der Waals surface area contributed by atoms with Gasteiger partial charge in [-0.1, -0.05) is 47.1 Å². The number of aliphatic hydroxyl groups is 2. The number of Topliss-reactive ketones (excluding diaryl/α,β-unsaturated/α-hetero) is 2. The third kappa shape index (κ3) is 3.75. The molecule has 7 nitrogen and oxygen atoms in total. The molecule has 0 aromatic carbocycles. The van der Waals surface area contributed by atoms with Gasteiger partial charge in [0, 0.05) is 41.2 Å². The normalized spacial score (nSPS) is 42.1. The number of hydrogen-bond acceptors (Lipinski definition) is 6. The highest BCUT2D eigenvalue weighted by Gasteiger charge is 2.69. The van der Waals surface area contributed by atoms with E-state index in [-0.39, 0.29) is 48.4 Å². The van der Waals surface area contributed by atoms with Crippen molar-refractivity contribution < 1.29 is 34.5 Å². The summed E-state index contributed by atoms with van der Waals surface area (Å²) in [5, 5.41) is 31.5. The Bertz CT molecular complexity index is 1130. The minimum Gasteiger partial charge on any atom is -0.481 e. The molecule has 8 unspecified atom stereocenters. The monoisotopic (exact) mass is 514 g/mol. The van der Waals surface area contributed by atoms with Crippen molar-refractivity contribution in [1.82, 2.24) is 0 Å². The summed E-state index contributed by atoms with van der Waals surface area (Å²) in [7, 11) is 0. The highest BCUT2D eigenvalue weighted by Crippen LogP contribution is 2.70. The SMILES string of the molecule is CC(=CC(=O)CC(C)C(=O)O)C1CC(O)C2(C)C3=C(C(=O)CC12C)C1(C)CCC(O)C(C)(C)C1CC3=O. The van der Waals surface area contributed by atoms with Gasteiger partial charge in [0.2, 0.25) is 0 Å². The summed E-state index contributed by atoms with van der Waals surface area (Å²) in [5.41, 5.74) is -1.08. The second-order valence-electron chi connectivity index (χ2n) is 13.5. The largest absolute Gasteiger partial charge is 0.481 e. The molecule has 0 aromatic heterocycles. The van der Waals surface area contributed by atoms with Gasteiger partial charge in [0.15, 0.2) is 17.3 Å². The van der Waals surface area contributed by atoms with Gasteiger partial charge in [-0.25, -0.2) is 0 Å². The summed E-state index contributed by atoms with van der Waals surface area (Å²) in [6.07, 6.45) is 1.80. The highest BCUT2D eigenvalue weighted by molar-refractivity contribution is 6.11. The Morgan fingerprint density at radius 3 is 2.24 bits per heavy atom. The number of hydrogen-bond donors (Lipinski definition) is 3. The molecule has 3 N–H and O–H groups in total. The predicted octanol–water partition coefficient (Wildman–Crippen LogP) is 4.05. The lowest BCUT2D eigenvalue weighted by molar-refractivity contribution is -0.143. The molecule has 0 aliphatic heterocycles. The minimum absolute atomic E-state index is 0.0690. The van der Waals surface area contributed by atoms with E-state index in [9.17, 15) is 29.4 Å². The number of carbonyl (C=O) groups is 4. The fourth-order valence-electron chi connectivity index (χ4n) is 8.68. The topological polar surface area (TPSA) is 129 Å². The van der Waals surface area contributed by atoms with Crippen molar-refractivity contribution in [2.24, 2.45) is 39.4 Å². The number of fused-ring (bicyclic) bond motifs is 4. The molecule has 4 aliphatic rings. The van der Waals surface area contributed by atoms with E-state index in [1.165, 1.54) is 13.0 Å². The Morgan fingerprint density at radius 2 is 1.65 bits per heavy atom. The highest BCUT2D eigenvalue weighted by atomic mass is 16.4. The molecule has 4 rings (SSSR count). The molecule has 8 atom stereocenters. The van der Waals surface area contributed by atoms with Crippen LogP contribution in [0.2, 0.25) is 0 Å². The Labute approximate surface area is 219 Å². The summed E-state index contributed by atoms with van der Waals surface area (Å²) >= 11 is 0. The fraction of sp³-hybridized carbons (Fsp3) is 0.733. The van der Waals surface area contributed by atoms with E-state index in [1.807, 2.05) is 27.7 Å². The molecular formula is C30H42O7. The molecule has 2 saturated carbocycles. The molecule has 0 aromatic rings. The van der Waals surface area contributed by atoms with E-state index in [4.69, 9.17) is 5.11 Å². The van der Waals surface area contributed by atoms with Crippen LogP contribution < -0.4 is 0 Å². The third-order valence-electron chi connectivity index (χ3n) is 11.2. The summed E-state index contributed by atoms with van der Waals surface area (Å²) in [4.78, 5) is 51.8. The van der Waals surface area contributed by atoms with Crippen LogP contribution in [0.15, 0.2) is 22.8 Å². The summed E-state index contributed by atoms with van der Waals surface area (Å²) in [6.45, 7) is 13.2. The van der Waals surface area contributed by atoms with Gasteiger partial charge in [-0.05, 0) is 54.9 Å². The van der Waals surface area contributed by atoms with Gasteiger partial charge in [0.1, 0.15) is 0 Å². The van der Waals surface area contributed by atoms with Gasteiger partial charge in [0.05, 0.1) is 18.1 Å². The predicted molar refractivity (Wildman–Crippen MR) is 137 cm³/mol. The molecule has 0 amide bonds. The van der Waals surface area contributed by atoms with Crippen LogP contribution in [0.1, 0.15) is 87.0 Å². The number of rotatable bonds is 5. The van der Waals surface area contributed by atoms with E-state index in [2.05, 4.69) is 6.92 Å². The van der Waals surface area contributed by atoms with Crippen molar-refractivity contribution >= 4 is 23.3 Å². The number of aliphatic carboxylic acids is 1. The van der Waals surface area contributed by atoms with Gasteiger partial charge in [-0.3, -0.25) is 19.2 Å². The van der Waals surface area contributed by atoms with Gasteiger partial charge in [-0.15, -0.1) is 0 Å². The average molecular weight is 515 g/mol. The first-order chi connectivity index (χ1) is 16.9. The summed E-state index contributed by atoms with van der Waals surface area (Å²) in [6, 6.07) is 0. The van der Waals surface area contributed by atoms with E-state index >= 15 is 0 Å². The number of carboxylic acids is 1. The van der Waals surface area contributed by atoms with Crippen LogP contribution in [0.25, 0.3) is 0 Å². The van der Waals surface area contributed by atoms with Crippen molar-refractivity contribution in [3.8, 4) is 0 Å². The van der Waals surface area contributed by atoms with Gasteiger partial charge >= 0.3 is 5.97 Å². The zero-order valence-corrected chi connectivity index (χ0v) is 23.2. The van der Waals surface area contributed by atoms with Crippen LogP contribution in [0, 0.1) is 39.4 Å². The number of carbonyl (C=O) groups excluding carboxylic acids is 3. The molecule has 0 heterocycles. The first-order valence-corrected chi connectivity index (χ1v) is 13.5. The smallest absolute Gasteiger partial charge is 0.306 e. The second kappa shape index (κ2) is 8.70. The first kappa shape index (κ1) is 27.9. The number of allylic oxidation sites excluding steroid dienone is 3. The lowest BCUT2D eigenvalue weighted by Crippen LogP contribution is -2.60. The molecule has 2 fully saturated rings. The number of ketones is 3. The molecule has 0 saturated heterocycles. The Morgan fingerprint density at radius 1 is 1.03 bits per heavy atom. The van der Waals surface area contributed by atoms with Crippen LogP contribution in [-0.2, 0) is 19.2 Å². The molecule has 0 radical (unpaired) electrons. The van der Waals surface area contributed by atoms with Crippen LogP contribution in [0.5, 0.6) is 0 Å². The fourth-order valence-corrected chi connectivity index (χ4v) is 8.68. The second-order valence-corrected chi connectivity index (χ2v) is 13.5. The number of carboxylic acid groups (broad SMARTS) is 1. The number of aliphatic hydroxyl groups excluding tert-OH is 2. The maximum absolute atomic E-state index is 14.0. The zero-order chi connectivity index (χ0) is 27.9.